The fourth-order valence-electron chi connectivity index (χ4n) is 3.31. The number of hydrogen-bond acceptors (Lipinski definition) is 4. The molecule has 27 heavy (non-hydrogen) atoms. The number of rotatable bonds is 3. The highest BCUT2D eigenvalue weighted by atomic mass is 16.6. The van der Waals surface area contributed by atoms with Crippen molar-refractivity contribution in [3.05, 3.63) is 99.6 Å². The van der Waals surface area contributed by atoms with Crippen LogP contribution in [0.1, 0.15) is 27.7 Å². The van der Waals surface area contributed by atoms with Gasteiger partial charge >= 0.3 is 0 Å². The van der Waals surface area contributed by atoms with Crippen molar-refractivity contribution >= 4 is 23.0 Å². The number of carbonyl (C=O) groups excluding carboxylic acids is 1. The number of amides is 1. The van der Waals surface area contributed by atoms with E-state index >= 15 is 0 Å². The van der Waals surface area contributed by atoms with Crippen molar-refractivity contribution in [2.45, 2.75) is 13.1 Å². The molecule has 1 aliphatic heterocycles. The first-order valence-corrected chi connectivity index (χ1v) is 8.55. The Morgan fingerprint density at radius 2 is 1.74 bits per heavy atom. The van der Waals surface area contributed by atoms with Crippen LogP contribution in [0.4, 0.5) is 17.1 Å². The number of nitrogens with zero attached hydrogens (tertiary/aromatic N) is 2. The van der Waals surface area contributed by atoms with Crippen molar-refractivity contribution in [2.24, 2.45) is 0 Å². The highest BCUT2D eigenvalue weighted by molar-refractivity contribution is 6.12. The van der Waals surface area contributed by atoms with Gasteiger partial charge in [-0.25, -0.2) is 0 Å². The molecule has 0 bridgehead atoms. The Morgan fingerprint density at radius 1 is 1.00 bits per heavy atom. The molecular weight excluding hydrogens is 342 g/mol. The highest BCUT2D eigenvalue weighted by Gasteiger charge is 2.34. The third-order valence-electron chi connectivity index (χ3n) is 4.63. The molecule has 6 nitrogen and oxygen atoms in total. The second-order valence-corrected chi connectivity index (χ2v) is 6.46. The van der Waals surface area contributed by atoms with Gasteiger partial charge in [0.1, 0.15) is 6.17 Å². The van der Waals surface area contributed by atoms with Crippen LogP contribution in [0.2, 0.25) is 0 Å². The van der Waals surface area contributed by atoms with Crippen molar-refractivity contribution in [3.8, 4) is 0 Å². The summed E-state index contributed by atoms with van der Waals surface area (Å²) in [6.45, 7) is 1.97. The molecule has 1 atom stereocenters. The van der Waals surface area contributed by atoms with E-state index in [2.05, 4.69) is 5.32 Å². The van der Waals surface area contributed by atoms with Gasteiger partial charge in [0, 0.05) is 23.5 Å². The summed E-state index contributed by atoms with van der Waals surface area (Å²) in [7, 11) is 0. The number of fused-ring (bicyclic) bond motifs is 1. The number of nitrogens with one attached hydrogen (secondary N) is 1. The molecule has 6 heteroatoms. The SMILES string of the molecule is Cc1cccc(N2C(=O)c3ccccc3N[C@H]2c2ccc([N+](=O)[O-])cc2)c1. The van der Waals surface area contributed by atoms with Gasteiger partial charge in [0.05, 0.1) is 10.5 Å². The van der Waals surface area contributed by atoms with Crippen molar-refractivity contribution in [1.29, 1.82) is 0 Å². The second-order valence-electron chi connectivity index (χ2n) is 6.46. The first-order valence-electron chi connectivity index (χ1n) is 8.55. The van der Waals surface area contributed by atoms with E-state index < -0.39 is 11.1 Å². The van der Waals surface area contributed by atoms with Crippen molar-refractivity contribution < 1.29 is 9.72 Å². The second kappa shape index (κ2) is 6.57. The predicted octanol–water partition coefficient (Wildman–Crippen LogP) is 4.67. The third-order valence-corrected chi connectivity index (χ3v) is 4.63. The molecule has 1 N–H and O–H groups in total. The molecule has 0 saturated carbocycles. The zero-order chi connectivity index (χ0) is 19.0. The van der Waals surface area contributed by atoms with Gasteiger partial charge in [-0.05, 0) is 54.4 Å². The minimum Gasteiger partial charge on any atom is -0.360 e. The Labute approximate surface area is 156 Å². The molecule has 0 unspecified atom stereocenters. The summed E-state index contributed by atoms with van der Waals surface area (Å²) in [4.78, 5) is 25.5. The van der Waals surface area contributed by atoms with E-state index in [0.717, 1.165) is 22.5 Å². The van der Waals surface area contributed by atoms with Gasteiger partial charge in [-0.1, -0.05) is 24.3 Å². The number of nitro groups is 1. The van der Waals surface area contributed by atoms with Crippen molar-refractivity contribution in [1.82, 2.24) is 0 Å². The lowest BCUT2D eigenvalue weighted by Crippen LogP contribution is -2.43. The van der Waals surface area contributed by atoms with Crippen molar-refractivity contribution in [3.63, 3.8) is 0 Å². The van der Waals surface area contributed by atoms with Crippen molar-refractivity contribution in [2.75, 3.05) is 10.2 Å². The number of nitro benzene ring substituents is 1. The molecule has 0 spiro atoms. The molecule has 1 aliphatic rings. The number of benzene rings is 3. The Morgan fingerprint density at radius 3 is 2.44 bits per heavy atom. The van der Waals surface area contributed by atoms with Gasteiger partial charge in [0.15, 0.2) is 0 Å². The maximum atomic E-state index is 13.3. The van der Waals surface area contributed by atoms with Gasteiger partial charge in [0.2, 0.25) is 0 Å². The van der Waals surface area contributed by atoms with E-state index in [4.69, 9.17) is 0 Å². The van der Waals surface area contributed by atoms with E-state index in [1.165, 1.54) is 12.1 Å². The number of hydrogen-bond donors (Lipinski definition) is 1. The third kappa shape index (κ3) is 3.01. The van der Waals surface area contributed by atoms with Gasteiger partial charge < -0.3 is 5.32 Å². The zero-order valence-electron chi connectivity index (χ0n) is 14.6. The van der Waals surface area contributed by atoms with Crippen LogP contribution >= 0.6 is 0 Å². The molecule has 0 saturated heterocycles. The number of carbonyl (C=O) groups is 1. The maximum absolute atomic E-state index is 13.3. The smallest absolute Gasteiger partial charge is 0.269 e. The molecule has 4 rings (SSSR count). The Hall–Kier alpha value is -3.67. The summed E-state index contributed by atoms with van der Waals surface area (Å²) in [5, 5.41) is 14.3. The number of aryl methyl sites for hydroxylation is 1. The Bertz CT molecular complexity index is 1030. The lowest BCUT2D eigenvalue weighted by atomic mass is 10.0. The van der Waals surface area contributed by atoms with Gasteiger partial charge in [-0.15, -0.1) is 0 Å². The summed E-state index contributed by atoms with van der Waals surface area (Å²) < 4.78 is 0. The average Bonchev–Trinajstić information content (AvgIpc) is 2.68. The number of para-hydroxylation sites is 1. The fourth-order valence-corrected chi connectivity index (χ4v) is 3.31. The Kier molecular flexibility index (Phi) is 4.08. The minimum atomic E-state index is -0.463. The first-order chi connectivity index (χ1) is 13.0. The normalized spacial score (nSPS) is 15.8. The molecular formula is C21H17N3O3. The molecule has 3 aromatic rings. The van der Waals surface area contributed by atoms with Gasteiger partial charge in [0.25, 0.3) is 11.6 Å². The summed E-state index contributed by atoms with van der Waals surface area (Å²) in [6.07, 6.45) is -0.463. The van der Waals surface area contributed by atoms with Crippen LogP contribution in [0.25, 0.3) is 0 Å². The molecule has 3 aromatic carbocycles. The largest absolute Gasteiger partial charge is 0.360 e. The highest BCUT2D eigenvalue weighted by Crippen LogP contribution is 2.37. The molecule has 0 radical (unpaired) electrons. The molecule has 0 aliphatic carbocycles. The lowest BCUT2D eigenvalue weighted by molar-refractivity contribution is -0.384. The number of non-ortho nitro benzene ring substituents is 1. The topological polar surface area (TPSA) is 75.5 Å². The summed E-state index contributed by atoms with van der Waals surface area (Å²) in [5.74, 6) is -0.113. The lowest BCUT2D eigenvalue weighted by Gasteiger charge is -2.38. The fraction of sp³-hybridized carbons (Fsp3) is 0.0952. The maximum Gasteiger partial charge on any atom is 0.269 e. The summed E-state index contributed by atoms with van der Waals surface area (Å²) in [6, 6.07) is 21.3. The van der Waals surface area contributed by atoms with Crippen LogP contribution in [0.15, 0.2) is 72.8 Å². The van der Waals surface area contributed by atoms with Crippen LogP contribution in [0, 0.1) is 17.0 Å². The van der Waals surface area contributed by atoms with E-state index in [9.17, 15) is 14.9 Å². The van der Waals surface area contributed by atoms with Crippen LogP contribution < -0.4 is 10.2 Å². The molecule has 134 valence electrons. The van der Waals surface area contributed by atoms with E-state index in [0.29, 0.717) is 5.56 Å². The van der Waals surface area contributed by atoms with E-state index in [-0.39, 0.29) is 11.6 Å². The average molecular weight is 359 g/mol. The predicted molar refractivity (Wildman–Crippen MR) is 104 cm³/mol. The Balaban J connectivity index is 1.83. The van der Waals surface area contributed by atoms with Gasteiger partial charge in [-0.2, -0.15) is 0 Å². The minimum absolute atomic E-state index is 0.0170. The molecule has 1 heterocycles. The van der Waals surface area contributed by atoms with Crippen LogP contribution in [-0.4, -0.2) is 10.8 Å². The first kappa shape index (κ1) is 16.8. The zero-order valence-corrected chi connectivity index (χ0v) is 14.6. The molecule has 0 aromatic heterocycles. The molecule has 1 amide bonds. The van der Waals surface area contributed by atoms with Crippen LogP contribution in [-0.2, 0) is 0 Å². The standard InChI is InChI=1S/C21H17N3O3/c1-14-5-4-6-17(13-14)23-20(15-9-11-16(12-10-15)24(26)27)22-19-8-3-2-7-18(19)21(23)25/h2-13,20,22H,1H3/t20-/m1/s1. The van der Waals surface area contributed by atoms with E-state index in [1.54, 1.807) is 23.1 Å². The van der Waals surface area contributed by atoms with Crippen LogP contribution in [0.3, 0.4) is 0 Å². The summed E-state index contributed by atoms with van der Waals surface area (Å²) >= 11 is 0. The van der Waals surface area contributed by atoms with Gasteiger partial charge in [-0.3, -0.25) is 19.8 Å². The summed E-state index contributed by atoms with van der Waals surface area (Å²) in [5.41, 5.74) is 3.94. The van der Waals surface area contributed by atoms with E-state index in [1.807, 2.05) is 49.4 Å². The quantitative estimate of drug-likeness (QED) is 0.544. The van der Waals surface area contributed by atoms with Crippen LogP contribution in [0.5, 0.6) is 0 Å². The monoisotopic (exact) mass is 359 g/mol. The molecule has 0 fully saturated rings. The number of anilines is 2.